The van der Waals surface area contributed by atoms with Crippen LogP contribution in [0.25, 0.3) is 0 Å². The summed E-state index contributed by atoms with van der Waals surface area (Å²) in [6.45, 7) is -0.956. The molecule has 3 rings (SSSR count). The molecule has 4 nitrogen and oxygen atoms in total. The molecular formula is C18H20F3NO3. The summed E-state index contributed by atoms with van der Waals surface area (Å²) in [6.07, 6.45) is -2.86. The summed E-state index contributed by atoms with van der Waals surface area (Å²) in [5.41, 5.74) is -2.57. The van der Waals surface area contributed by atoms with Crippen molar-refractivity contribution in [1.29, 1.82) is 0 Å². The van der Waals surface area contributed by atoms with Gasteiger partial charge in [-0.3, -0.25) is 9.59 Å². The minimum absolute atomic E-state index is 0.165. The minimum Gasteiger partial charge on any atom is -0.481 e. The van der Waals surface area contributed by atoms with Crippen LogP contribution in [0, 0.1) is 10.8 Å². The van der Waals surface area contributed by atoms with E-state index in [4.69, 9.17) is 5.11 Å². The molecule has 7 heteroatoms. The third-order valence-corrected chi connectivity index (χ3v) is 5.66. The van der Waals surface area contributed by atoms with E-state index in [1.807, 2.05) is 30.3 Å². The van der Waals surface area contributed by atoms with Gasteiger partial charge in [0.05, 0.1) is 5.41 Å². The first-order chi connectivity index (χ1) is 11.7. The molecule has 1 aromatic rings. The maximum atomic E-state index is 13.3. The minimum atomic E-state index is -4.87. The normalized spacial score (nSPS) is 25.5. The molecule has 136 valence electrons. The number of nitrogens with zero attached hydrogens (tertiary/aromatic N) is 1. The Morgan fingerprint density at radius 2 is 1.76 bits per heavy atom. The molecule has 1 amide bonds. The van der Waals surface area contributed by atoms with E-state index in [0.717, 1.165) is 16.9 Å². The Balaban J connectivity index is 1.80. The van der Waals surface area contributed by atoms with Crippen LogP contribution in [0.2, 0.25) is 0 Å². The first kappa shape index (κ1) is 17.8. The predicted octanol–water partition coefficient (Wildman–Crippen LogP) is 3.27. The van der Waals surface area contributed by atoms with E-state index in [-0.39, 0.29) is 12.5 Å². The average Bonchev–Trinajstić information content (AvgIpc) is 2.98. The van der Waals surface area contributed by atoms with E-state index in [2.05, 4.69) is 0 Å². The highest BCUT2D eigenvalue weighted by atomic mass is 19.4. The van der Waals surface area contributed by atoms with Gasteiger partial charge in [0, 0.05) is 13.1 Å². The van der Waals surface area contributed by atoms with Gasteiger partial charge in [-0.1, -0.05) is 36.8 Å². The fourth-order valence-corrected chi connectivity index (χ4v) is 3.90. The van der Waals surface area contributed by atoms with Gasteiger partial charge < -0.3 is 10.0 Å². The Hall–Kier alpha value is -2.05. The van der Waals surface area contributed by atoms with E-state index in [0.29, 0.717) is 19.3 Å². The second-order valence-electron chi connectivity index (χ2n) is 7.16. The quantitative estimate of drug-likeness (QED) is 0.902. The van der Waals surface area contributed by atoms with Crippen LogP contribution in [-0.2, 0) is 16.0 Å². The third-order valence-electron chi connectivity index (χ3n) is 5.66. The SMILES string of the molecule is O=C(N1CCC(C(=O)O)(C(F)(F)F)C1)C1(Cc2ccccc2)CCC1. The van der Waals surface area contributed by atoms with E-state index in [9.17, 15) is 22.8 Å². The van der Waals surface area contributed by atoms with Crippen LogP contribution in [0.15, 0.2) is 30.3 Å². The predicted molar refractivity (Wildman–Crippen MR) is 83.8 cm³/mol. The van der Waals surface area contributed by atoms with Crippen molar-refractivity contribution in [1.82, 2.24) is 4.90 Å². The maximum Gasteiger partial charge on any atom is 0.406 e. The molecule has 0 bridgehead atoms. The van der Waals surface area contributed by atoms with E-state index in [1.165, 1.54) is 0 Å². The van der Waals surface area contributed by atoms with E-state index < -0.39 is 35.9 Å². The summed E-state index contributed by atoms with van der Waals surface area (Å²) in [6, 6.07) is 9.38. The lowest BCUT2D eigenvalue weighted by Crippen LogP contribution is -2.52. The van der Waals surface area contributed by atoms with Gasteiger partial charge in [0.2, 0.25) is 5.91 Å². The summed E-state index contributed by atoms with van der Waals surface area (Å²) < 4.78 is 40.0. The van der Waals surface area contributed by atoms with Crippen molar-refractivity contribution in [3.63, 3.8) is 0 Å². The summed E-state index contributed by atoms with van der Waals surface area (Å²) in [4.78, 5) is 25.4. The standard InChI is InChI=1S/C18H20F3NO3/c19-18(20,21)17(15(24)25)9-10-22(12-17)14(23)16(7-4-8-16)11-13-5-2-1-3-6-13/h1-3,5-6H,4,7-12H2,(H,24,25). The molecule has 0 aromatic heterocycles. The maximum absolute atomic E-state index is 13.3. The highest BCUT2D eigenvalue weighted by Gasteiger charge is 2.65. The van der Waals surface area contributed by atoms with Crippen molar-refractivity contribution in [3.8, 4) is 0 Å². The van der Waals surface area contributed by atoms with Crippen molar-refractivity contribution in [2.45, 2.75) is 38.3 Å². The number of hydrogen-bond acceptors (Lipinski definition) is 2. The van der Waals surface area contributed by atoms with E-state index >= 15 is 0 Å². The Morgan fingerprint density at radius 3 is 2.20 bits per heavy atom. The fourth-order valence-electron chi connectivity index (χ4n) is 3.90. The van der Waals surface area contributed by atoms with Crippen molar-refractivity contribution in [2.75, 3.05) is 13.1 Å². The van der Waals surface area contributed by atoms with Crippen molar-refractivity contribution in [2.24, 2.45) is 10.8 Å². The molecule has 1 saturated carbocycles. The molecule has 1 unspecified atom stereocenters. The summed E-state index contributed by atoms with van der Waals surface area (Å²) in [5.74, 6) is -2.24. The lowest BCUT2D eigenvalue weighted by molar-refractivity contribution is -0.227. The number of carboxylic acids is 1. The highest BCUT2D eigenvalue weighted by molar-refractivity contribution is 5.86. The monoisotopic (exact) mass is 355 g/mol. The number of carboxylic acid groups (broad SMARTS) is 1. The number of likely N-dealkylation sites (tertiary alicyclic amines) is 1. The van der Waals surface area contributed by atoms with Crippen LogP contribution in [-0.4, -0.2) is 41.1 Å². The second-order valence-corrected chi connectivity index (χ2v) is 7.16. The molecule has 0 spiro atoms. The molecule has 1 aromatic carbocycles. The lowest BCUT2D eigenvalue weighted by Gasteiger charge is -2.43. The molecule has 2 aliphatic rings. The first-order valence-electron chi connectivity index (χ1n) is 8.34. The Labute approximate surface area is 143 Å². The number of alkyl halides is 3. The summed E-state index contributed by atoms with van der Waals surface area (Å²) in [5, 5.41) is 9.15. The van der Waals surface area contributed by atoms with Crippen LogP contribution in [0.1, 0.15) is 31.2 Å². The summed E-state index contributed by atoms with van der Waals surface area (Å²) >= 11 is 0. The molecular weight excluding hydrogens is 335 g/mol. The molecule has 1 aliphatic heterocycles. The van der Waals surface area contributed by atoms with E-state index in [1.54, 1.807) is 0 Å². The molecule has 25 heavy (non-hydrogen) atoms. The van der Waals surface area contributed by atoms with Crippen LogP contribution >= 0.6 is 0 Å². The van der Waals surface area contributed by atoms with Crippen LogP contribution in [0.3, 0.4) is 0 Å². The zero-order valence-electron chi connectivity index (χ0n) is 13.7. The number of benzene rings is 1. The molecule has 0 radical (unpaired) electrons. The van der Waals surface area contributed by atoms with Crippen molar-refractivity contribution >= 4 is 11.9 Å². The van der Waals surface area contributed by atoms with Crippen LogP contribution in [0.5, 0.6) is 0 Å². The first-order valence-corrected chi connectivity index (χ1v) is 8.34. The van der Waals surface area contributed by atoms with Gasteiger partial charge in [-0.05, 0) is 31.2 Å². The van der Waals surface area contributed by atoms with Gasteiger partial charge in [0.15, 0.2) is 5.41 Å². The molecule has 1 heterocycles. The molecule has 2 fully saturated rings. The molecule has 1 atom stereocenters. The number of carbonyl (C=O) groups is 2. The van der Waals surface area contributed by atoms with Crippen molar-refractivity contribution in [3.05, 3.63) is 35.9 Å². The zero-order chi connectivity index (χ0) is 18.3. The van der Waals surface area contributed by atoms with Gasteiger partial charge in [-0.2, -0.15) is 13.2 Å². The number of rotatable bonds is 4. The topological polar surface area (TPSA) is 57.6 Å². The number of halogens is 3. The number of amides is 1. The van der Waals surface area contributed by atoms with Crippen LogP contribution in [0.4, 0.5) is 13.2 Å². The van der Waals surface area contributed by atoms with Gasteiger partial charge in [0.25, 0.3) is 0 Å². The third kappa shape index (κ3) is 2.89. The molecule has 1 N–H and O–H groups in total. The molecule has 1 aliphatic carbocycles. The zero-order valence-corrected chi connectivity index (χ0v) is 13.7. The Kier molecular flexibility index (Phi) is 4.29. The van der Waals surface area contributed by atoms with Gasteiger partial charge in [0.1, 0.15) is 0 Å². The van der Waals surface area contributed by atoms with Crippen molar-refractivity contribution < 1.29 is 27.9 Å². The smallest absolute Gasteiger partial charge is 0.406 e. The lowest BCUT2D eigenvalue weighted by atomic mass is 9.64. The highest BCUT2D eigenvalue weighted by Crippen LogP contribution is 2.50. The second kappa shape index (κ2) is 6.04. The molecule has 1 saturated heterocycles. The Bertz CT molecular complexity index is 670. The van der Waals surface area contributed by atoms with Gasteiger partial charge in [-0.15, -0.1) is 0 Å². The number of hydrogen-bond donors (Lipinski definition) is 1. The van der Waals surface area contributed by atoms with Gasteiger partial charge >= 0.3 is 12.1 Å². The number of aliphatic carboxylic acids is 1. The van der Waals surface area contributed by atoms with Crippen LogP contribution < -0.4 is 0 Å². The average molecular weight is 355 g/mol. The largest absolute Gasteiger partial charge is 0.481 e. The number of carbonyl (C=O) groups excluding carboxylic acids is 1. The van der Waals surface area contributed by atoms with Gasteiger partial charge in [-0.25, -0.2) is 0 Å². The summed E-state index contributed by atoms with van der Waals surface area (Å²) in [7, 11) is 0. The fraction of sp³-hybridized carbons (Fsp3) is 0.556. The Morgan fingerprint density at radius 1 is 1.12 bits per heavy atom.